The topological polar surface area (TPSA) is 118 Å². The van der Waals surface area contributed by atoms with Gasteiger partial charge in [-0.2, -0.15) is 5.10 Å². The molecule has 3 N–H and O–H groups in total. The third kappa shape index (κ3) is 8.10. The predicted molar refractivity (Wildman–Crippen MR) is 139 cm³/mol. The lowest BCUT2D eigenvalue weighted by atomic mass is 10.1. The Balaban J connectivity index is 2.03. The fraction of sp³-hybridized carbons (Fsp3) is 0.360. The van der Waals surface area contributed by atoms with Crippen molar-refractivity contribution in [2.24, 2.45) is 5.10 Å². The van der Waals surface area contributed by atoms with Gasteiger partial charge >= 0.3 is 11.8 Å². The lowest BCUT2D eigenvalue weighted by Crippen LogP contribution is -2.41. The summed E-state index contributed by atoms with van der Waals surface area (Å²) >= 11 is 3.42. The van der Waals surface area contributed by atoms with Gasteiger partial charge in [0.15, 0.2) is 18.1 Å². The molecule has 0 saturated carbocycles. The van der Waals surface area contributed by atoms with E-state index in [0.717, 1.165) is 22.4 Å². The maximum atomic E-state index is 12.5. The van der Waals surface area contributed by atoms with Gasteiger partial charge in [-0.25, -0.2) is 5.43 Å². The highest BCUT2D eigenvalue weighted by atomic mass is 79.9. The van der Waals surface area contributed by atoms with Crippen LogP contribution in [-0.4, -0.2) is 43.7 Å². The molecule has 0 bridgehead atoms. The van der Waals surface area contributed by atoms with Crippen molar-refractivity contribution in [2.45, 2.75) is 47.1 Å². The molecule has 2 aromatic carbocycles. The van der Waals surface area contributed by atoms with Gasteiger partial charge in [0.25, 0.3) is 5.91 Å². The molecule has 0 spiro atoms. The van der Waals surface area contributed by atoms with Crippen molar-refractivity contribution < 1.29 is 23.9 Å². The quantitative estimate of drug-likeness (QED) is 0.251. The van der Waals surface area contributed by atoms with Crippen molar-refractivity contribution in [2.75, 3.05) is 19.0 Å². The van der Waals surface area contributed by atoms with Crippen LogP contribution in [0.5, 0.6) is 11.5 Å². The molecular weight excluding hydrogens is 516 g/mol. The summed E-state index contributed by atoms with van der Waals surface area (Å²) in [6.07, 6.45) is 2.07. The molecule has 2 rings (SSSR count). The Labute approximate surface area is 213 Å². The number of hydrazone groups is 1. The van der Waals surface area contributed by atoms with E-state index in [-0.39, 0.29) is 18.6 Å². The number of nitrogens with one attached hydrogen (secondary N) is 3. The molecule has 0 fully saturated rings. The maximum absolute atomic E-state index is 12.5. The van der Waals surface area contributed by atoms with Crippen LogP contribution in [0, 0.1) is 20.8 Å². The van der Waals surface area contributed by atoms with Crippen LogP contribution < -0.4 is 25.5 Å². The number of methoxy groups -OCH3 is 1. The maximum Gasteiger partial charge on any atom is 0.329 e. The van der Waals surface area contributed by atoms with Gasteiger partial charge < -0.3 is 20.1 Å². The molecule has 0 radical (unpaired) electrons. The smallest absolute Gasteiger partial charge is 0.329 e. The molecular formula is C25H31BrN4O5. The number of aryl methyl sites for hydroxylation is 3. The molecule has 0 aliphatic rings. The summed E-state index contributed by atoms with van der Waals surface area (Å²) in [5.74, 6) is -1.23. The first kappa shape index (κ1) is 27.8. The first-order valence-electron chi connectivity index (χ1n) is 11.1. The molecule has 0 aliphatic carbocycles. The van der Waals surface area contributed by atoms with E-state index in [2.05, 4.69) is 37.1 Å². The summed E-state index contributed by atoms with van der Waals surface area (Å²) in [6, 6.07) is 7.20. The SMILES string of the molecule is CC[C@H](C)NC(=O)C(=O)N/N=C\c1cc(Br)c(OCC(=O)Nc2c(C)cc(C)cc2C)c(OC)c1. The van der Waals surface area contributed by atoms with Crippen molar-refractivity contribution in [1.29, 1.82) is 0 Å². The van der Waals surface area contributed by atoms with E-state index < -0.39 is 11.8 Å². The van der Waals surface area contributed by atoms with Crippen LogP contribution >= 0.6 is 15.9 Å². The molecule has 0 unspecified atom stereocenters. The number of nitrogens with zero attached hydrogens (tertiary/aromatic N) is 1. The van der Waals surface area contributed by atoms with Gasteiger partial charge in [0, 0.05) is 11.7 Å². The van der Waals surface area contributed by atoms with E-state index in [1.807, 2.05) is 39.8 Å². The number of carbonyl (C=O) groups excluding carboxylic acids is 3. The van der Waals surface area contributed by atoms with Crippen LogP contribution in [0.1, 0.15) is 42.5 Å². The fourth-order valence-corrected chi connectivity index (χ4v) is 3.83. The van der Waals surface area contributed by atoms with E-state index in [1.54, 1.807) is 19.1 Å². The van der Waals surface area contributed by atoms with E-state index in [1.165, 1.54) is 13.3 Å². The summed E-state index contributed by atoms with van der Waals surface area (Å²) in [7, 11) is 1.47. The zero-order valence-corrected chi connectivity index (χ0v) is 22.3. The van der Waals surface area contributed by atoms with Gasteiger partial charge in [-0.05, 0) is 78.9 Å². The number of ether oxygens (including phenoxy) is 2. The molecule has 9 nitrogen and oxygen atoms in total. The fourth-order valence-electron chi connectivity index (χ4n) is 3.25. The number of hydrogen-bond donors (Lipinski definition) is 3. The third-order valence-corrected chi connectivity index (χ3v) is 5.71. The number of carbonyl (C=O) groups is 3. The average Bonchev–Trinajstić information content (AvgIpc) is 2.79. The number of benzene rings is 2. The number of amides is 3. The average molecular weight is 547 g/mol. The molecule has 188 valence electrons. The second-order valence-electron chi connectivity index (χ2n) is 8.13. The van der Waals surface area contributed by atoms with Gasteiger partial charge in [0.2, 0.25) is 0 Å². The van der Waals surface area contributed by atoms with Gasteiger partial charge in [0.1, 0.15) is 0 Å². The first-order valence-corrected chi connectivity index (χ1v) is 11.9. The summed E-state index contributed by atoms with van der Waals surface area (Å²) in [4.78, 5) is 36.1. The Morgan fingerprint density at radius 1 is 1.09 bits per heavy atom. The second kappa shape index (κ2) is 12.9. The molecule has 35 heavy (non-hydrogen) atoms. The van der Waals surface area contributed by atoms with E-state index >= 15 is 0 Å². The largest absolute Gasteiger partial charge is 0.493 e. The Morgan fingerprint density at radius 3 is 2.34 bits per heavy atom. The second-order valence-corrected chi connectivity index (χ2v) is 8.98. The van der Waals surface area contributed by atoms with Crippen LogP contribution in [0.3, 0.4) is 0 Å². The Kier molecular flexibility index (Phi) is 10.3. The lowest BCUT2D eigenvalue weighted by molar-refractivity contribution is -0.139. The zero-order valence-electron chi connectivity index (χ0n) is 20.7. The molecule has 3 amide bonds. The minimum absolute atomic E-state index is 0.114. The Bertz CT molecular complexity index is 1110. The molecule has 10 heteroatoms. The Morgan fingerprint density at radius 2 is 1.74 bits per heavy atom. The summed E-state index contributed by atoms with van der Waals surface area (Å²) < 4.78 is 11.6. The monoisotopic (exact) mass is 546 g/mol. The van der Waals surface area contributed by atoms with Gasteiger partial charge in [-0.1, -0.05) is 24.6 Å². The number of hydrogen-bond acceptors (Lipinski definition) is 6. The first-order chi connectivity index (χ1) is 16.5. The summed E-state index contributed by atoms with van der Waals surface area (Å²) in [5.41, 5.74) is 6.59. The highest BCUT2D eigenvalue weighted by Crippen LogP contribution is 2.36. The highest BCUT2D eigenvalue weighted by molar-refractivity contribution is 9.10. The van der Waals surface area contributed by atoms with E-state index in [4.69, 9.17) is 9.47 Å². The van der Waals surface area contributed by atoms with Gasteiger partial charge in [-0.15, -0.1) is 0 Å². The molecule has 0 aliphatic heterocycles. The van der Waals surface area contributed by atoms with Crippen molar-refractivity contribution in [3.05, 3.63) is 51.0 Å². The number of halogens is 1. The van der Waals surface area contributed by atoms with Crippen molar-refractivity contribution in [3.8, 4) is 11.5 Å². The van der Waals surface area contributed by atoms with Crippen LogP contribution in [0.15, 0.2) is 33.8 Å². The predicted octanol–water partition coefficient (Wildman–Crippen LogP) is 3.77. The standard InChI is InChI=1S/C25H31BrN4O5/c1-7-17(5)28-24(32)25(33)30-27-12-18-10-19(26)23(20(11-18)34-6)35-13-21(31)29-22-15(3)8-14(2)9-16(22)4/h8-12,17H,7,13H2,1-6H3,(H,28,32)(H,29,31)(H,30,33)/b27-12-/t17-/m0/s1. The minimum atomic E-state index is -0.863. The van der Waals surface area contributed by atoms with Gasteiger partial charge in [-0.3, -0.25) is 14.4 Å². The number of anilines is 1. The molecule has 2 aromatic rings. The Hall–Kier alpha value is -3.40. The van der Waals surface area contributed by atoms with Crippen molar-refractivity contribution in [1.82, 2.24) is 10.7 Å². The van der Waals surface area contributed by atoms with Crippen LogP contribution in [0.2, 0.25) is 0 Å². The molecule has 0 aromatic heterocycles. The minimum Gasteiger partial charge on any atom is -0.493 e. The van der Waals surface area contributed by atoms with Crippen LogP contribution in [-0.2, 0) is 14.4 Å². The number of rotatable bonds is 9. The summed E-state index contributed by atoms with van der Waals surface area (Å²) in [6.45, 7) is 9.37. The summed E-state index contributed by atoms with van der Waals surface area (Å²) in [5, 5.41) is 9.27. The normalized spacial score (nSPS) is 11.6. The van der Waals surface area contributed by atoms with Crippen LogP contribution in [0.25, 0.3) is 0 Å². The molecule has 1 atom stereocenters. The third-order valence-electron chi connectivity index (χ3n) is 5.12. The van der Waals surface area contributed by atoms with Crippen LogP contribution in [0.4, 0.5) is 5.69 Å². The van der Waals surface area contributed by atoms with Crippen molar-refractivity contribution in [3.63, 3.8) is 0 Å². The molecule has 0 heterocycles. The van der Waals surface area contributed by atoms with Gasteiger partial charge in [0.05, 0.1) is 17.8 Å². The van der Waals surface area contributed by atoms with E-state index in [9.17, 15) is 14.4 Å². The highest BCUT2D eigenvalue weighted by Gasteiger charge is 2.16. The van der Waals surface area contributed by atoms with Crippen molar-refractivity contribution >= 4 is 45.6 Å². The van der Waals surface area contributed by atoms with E-state index in [0.29, 0.717) is 28.0 Å². The lowest BCUT2D eigenvalue weighted by Gasteiger charge is -2.15. The molecule has 0 saturated heterocycles. The zero-order chi connectivity index (χ0) is 26.1.